The van der Waals surface area contributed by atoms with E-state index in [1.165, 1.54) is 30.8 Å². The molecule has 3 heterocycles. The number of aromatic nitrogens is 2. The number of hydrogen-bond donors (Lipinski definition) is 0. The molecule has 0 radical (unpaired) electrons. The molecule has 0 bridgehead atoms. The SMILES string of the molecule is Cc1c(CCN2CC(C)CC(C)C2)c2ncc(Br)cc2n1-c1ccc(C#N)cc1. The Hall–Kier alpha value is -2.16. The predicted molar refractivity (Wildman–Crippen MR) is 121 cm³/mol. The molecule has 150 valence electrons. The molecule has 3 aromatic rings. The number of piperidine rings is 1. The lowest BCUT2D eigenvalue weighted by atomic mass is 9.91. The summed E-state index contributed by atoms with van der Waals surface area (Å²) in [7, 11) is 0. The van der Waals surface area contributed by atoms with E-state index in [0.29, 0.717) is 5.56 Å². The molecule has 1 aliphatic rings. The van der Waals surface area contributed by atoms with Gasteiger partial charge in [-0.1, -0.05) is 13.8 Å². The molecule has 1 fully saturated rings. The van der Waals surface area contributed by atoms with Gasteiger partial charge in [-0.2, -0.15) is 5.26 Å². The van der Waals surface area contributed by atoms with Crippen LogP contribution in [-0.2, 0) is 6.42 Å². The van der Waals surface area contributed by atoms with Crippen LogP contribution in [0.1, 0.15) is 37.1 Å². The summed E-state index contributed by atoms with van der Waals surface area (Å²) in [6.07, 6.45) is 4.22. The van der Waals surface area contributed by atoms with Gasteiger partial charge in [0, 0.05) is 47.2 Å². The number of nitrogens with zero attached hydrogens (tertiary/aromatic N) is 4. The first-order chi connectivity index (χ1) is 14.0. The molecule has 5 heteroatoms. The van der Waals surface area contributed by atoms with E-state index in [1.807, 2.05) is 30.5 Å². The normalized spacial score (nSPS) is 20.1. The quantitative estimate of drug-likeness (QED) is 0.527. The third kappa shape index (κ3) is 4.10. The Balaban J connectivity index is 1.71. The summed E-state index contributed by atoms with van der Waals surface area (Å²) in [5, 5.41) is 9.12. The maximum atomic E-state index is 9.12. The molecule has 0 saturated carbocycles. The molecule has 4 rings (SSSR count). The second-order valence-corrected chi connectivity index (χ2v) is 9.45. The minimum Gasteiger partial charge on any atom is -0.312 e. The highest BCUT2D eigenvalue weighted by molar-refractivity contribution is 9.10. The summed E-state index contributed by atoms with van der Waals surface area (Å²) < 4.78 is 3.24. The summed E-state index contributed by atoms with van der Waals surface area (Å²) in [5.41, 5.74) is 6.48. The van der Waals surface area contributed by atoms with Crippen LogP contribution in [0.2, 0.25) is 0 Å². The van der Waals surface area contributed by atoms with Crippen molar-refractivity contribution in [2.24, 2.45) is 11.8 Å². The summed E-state index contributed by atoms with van der Waals surface area (Å²) in [4.78, 5) is 7.39. The first-order valence-corrected chi connectivity index (χ1v) is 11.1. The summed E-state index contributed by atoms with van der Waals surface area (Å²) in [5.74, 6) is 1.54. The lowest BCUT2D eigenvalue weighted by Gasteiger charge is -2.35. The number of rotatable bonds is 4. The van der Waals surface area contributed by atoms with E-state index in [-0.39, 0.29) is 0 Å². The number of fused-ring (bicyclic) bond motifs is 1. The van der Waals surface area contributed by atoms with Gasteiger partial charge in [-0.05, 0) is 77.9 Å². The zero-order chi connectivity index (χ0) is 20.5. The number of hydrogen-bond acceptors (Lipinski definition) is 3. The Morgan fingerprint density at radius 1 is 1.17 bits per heavy atom. The maximum absolute atomic E-state index is 9.12. The van der Waals surface area contributed by atoms with Crippen LogP contribution in [0.5, 0.6) is 0 Å². The first-order valence-electron chi connectivity index (χ1n) is 10.3. The Kier molecular flexibility index (Phi) is 5.76. The van der Waals surface area contributed by atoms with Crippen LogP contribution in [-0.4, -0.2) is 34.1 Å². The lowest BCUT2D eigenvalue weighted by molar-refractivity contribution is 0.142. The zero-order valence-electron chi connectivity index (χ0n) is 17.3. The van der Waals surface area contributed by atoms with Gasteiger partial charge in [0.15, 0.2) is 0 Å². The average molecular weight is 451 g/mol. The molecular weight excluding hydrogens is 424 g/mol. The van der Waals surface area contributed by atoms with Crippen molar-refractivity contribution in [3.8, 4) is 11.8 Å². The highest BCUT2D eigenvalue weighted by Gasteiger charge is 2.23. The summed E-state index contributed by atoms with van der Waals surface area (Å²) in [6, 6.07) is 12.1. The fraction of sp³-hybridized carbons (Fsp3) is 0.417. The Labute approximate surface area is 181 Å². The van der Waals surface area contributed by atoms with E-state index < -0.39 is 0 Å². The van der Waals surface area contributed by atoms with Crippen LogP contribution in [0.4, 0.5) is 0 Å². The van der Waals surface area contributed by atoms with Crippen LogP contribution in [0.25, 0.3) is 16.7 Å². The smallest absolute Gasteiger partial charge is 0.0991 e. The van der Waals surface area contributed by atoms with Crippen LogP contribution in [0.15, 0.2) is 41.0 Å². The summed E-state index contributed by atoms with van der Waals surface area (Å²) in [6.45, 7) is 10.4. The van der Waals surface area contributed by atoms with Crippen molar-refractivity contribution in [1.82, 2.24) is 14.5 Å². The van der Waals surface area contributed by atoms with E-state index in [4.69, 9.17) is 10.2 Å². The standard InChI is InChI=1S/C24H27BrN4/c1-16-10-17(2)15-28(14-16)9-8-22-18(3)29(21-6-4-19(12-26)5-7-21)23-11-20(25)13-27-24(22)23/h4-7,11,13,16-17H,8-10,14-15H2,1-3H3. The van der Waals surface area contributed by atoms with Gasteiger partial charge in [0.25, 0.3) is 0 Å². The van der Waals surface area contributed by atoms with Crippen LogP contribution in [0.3, 0.4) is 0 Å². The third-order valence-corrected chi connectivity index (χ3v) is 6.44. The highest BCUT2D eigenvalue weighted by Crippen LogP contribution is 2.31. The first kappa shape index (κ1) is 20.1. The van der Waals surface area contributed by atoms with Gasteiger partial charge in [0.1, 0.15) is 0 Å². The van der Waals surface area contributed by atoms with Crippen molar-refractivity contribution in [3.05, 3.63) is 57.8 Å². The van der Waals surface area contributed by atoms with E-state index in [0.717, 1.165) is 46.0 Å². The molecule has 29 heavy (non-hydrogen) atoms. The van der Waals surface area contributed by atoms with Crippen molar-refractivity contribution in [2.75, 3.05) is 19.6 Å². The zero-order valence-corrected chi connectivity index (χ0v) is 18.9. The van der Waals surface area contributed by atoms with Gasteiger partial charge < -0.3 is 9.47 Å². The maximum Gasteiger partial charge on any atom is 0.0991 e. The monoisotopic (exact) mass is 450 g/mol. The predicted octanol–water partition coefficient (Wildman–Crippen LogP) is 5.49. The van der Waals surface area contributed by atoms with Gasteiger partial charge in [0.05, 0.1) is 22.7 Å². The van der Waals surface area contributed by atoms with Gasteiger partial charge in [-0.25, -0.2) is 0 Å². The van der Waals surface area contributed by atoms with Gasteiger partial charge in [-0.3, -0.25) is 4.98 Å². The van der Waals surface area contributed by atoms with E-state index in [2.05, 4.69) is 58.3 Å². The molecule has 0 aliphatic carbocycles. The molecule has 2 aromatic heterocycles. The molecule has 4 nitrogen and oxygen atoms in total. The minimum atomic E-state index is 0.677. The number of likely N-dealkylation sites (tertiary alicyclic amines) is 1. The topological polar surface area (TPSA) is 44.9 Å². The summed E-state index contributed by atoms with van der Waals surface area (Å²) >= 11 is 3.58. The lowest BCUT2D eigenvalue weighted by Crippen LogP contribution is -2.39. The van der Waals surface area contributed by atoms with Crippen LogP contribution < -0.4 is 0 Å². The minimum absolute atomic E-state index is 0.677. The van der Waals surface area contributed by atoms with Crippen molar-refractivity contribution >= 4 is 27.0 Å². The average Bonchev–Trinajstić information content (AvgIpc) is 2.96. The largest absolute Gasteiger partial charge is 0.312 e. The van der Waals surface area contributed by atoms with E-state index in [9.17, 15) is 0 Å². The molecule has 2 unspecified atom stereocenters. The van der Waals surface area contributed by atoms with E-state index in [1.54, 1.807) is 0 Å². The molecule has 1 aliphatic heterocycles. The molecule has 0 spiro atoms. The number of pyridine rings is 1. The fourth-order valence-electron chi connectivity index (χ4n) is 4.88. The van der Waals surface area contributed by atoms with E-state index >= 15 is 0 Å². The van der Waals surface area contributed by atoms with Crippen molar-refractivity contribution in [1.29, 1.82) is 5.26 Å². The van der Waals surface area contributed by atoms with Gasteiger partial charge in [-0.15, -0.1) is 0 Å². The molecule has 0 amide bonds. The van der Waals surface area contributed by atoms with Crippen LogP contribution >= 0.6 is 15.9 Å². The second-order valence-electron chi connectivity index (χ2n) is 8.53. The highest BCUT2D eigenvalue weighted by atomic mass is 79.9. The molecule has 1 aromatic carbocycles. The Bertz CT molecular complexity index is 1050. The molecule has 2 atom stereocenters. The Morgan fingerprint density at radius 3 is 2.52 bits per heavy atom. The number of nitriles is 1. The second kappa shape index (κ2) is 8.30. The molecule has 0 N–H and O–H groups in total. The molecule has 1 saturated heterocycles. The number of halogens is 1. The van der Waals surface area contributed by atoms with Crippen molar-refractivity contribution in [3.63, 3.8) is 0 Å². The van der Waals surface area contributed by atoms with Gasteiger partial charge >= 0.3 is 0 Å². The van der Waals surface area contributed by atoms with Crippen molar-refractivity contribution in [2.45, 2.75) is 33.6 Å². The van der Waals surface area contributed by atoms with Crippen molar-refractivity contribution < 1.29 is 0 Å². The number of benzene rings is 1. The Morgan fingerprint density at radius 2 is 1.86 bits per heavy atom. The fourth-order valence-corrected chi connectivity index (χ4v) is 5.20. The molecular formula is C24H27BrN4. The third-order valence-electron chi connectivity index (χ3n) is 6.01. The van der Waals surface area contributed by atoms with Gasteiger partial charge in [0.2, 0.25) is 0 Å². The van der Waals surface area contributed by atoms with Crippen LogP contribution in [0, 0.1) is 30.1 Å².